The van der Waals surface area contributed by atoms with E-state index in [0.29, 0.717) is 24.1 Å². The molecule has 2 fully saturated rings. The summed E-state index contributed by atoms with van der Waals surface area (Å²) in [5.74, 6) is 2.70. The lowest BCUT2D eigenvalue weighted by atomic mass is 9.96. The minimum absolute atomic E-state index is 0.00986. The van der Waals surface area contributed by atoms with Crippen molar-refractivity contribution in [3.05, 3.63) is 47.3 Å². The predicted molar refractivity (Wildman–Crippen MR) is 124 cm³/mol. The molecule has 1 atom stereocenters. The molecule has 0 radical (unpaired) electrons. The molecule has 1 aliphatic carbocycles. The van der Waals surface area contributed by atoms with Crippen LogP contribution < -0.4 is 4.74 Å². The molecule has 1 saturated heterocycles. The van der Waals surface area contributed by atoms with Gasteiger partial charge in [-0.3, -0.25) is 9.69 Å². The van der Waals surface area contributed by atoms with E-state index in [1.54, 1.807) is 7.11 Å². The molecule has 174 valence electrons. The van der Waals surface area contributed by atoms with Crippen molar-refractivity contribution in [1.82, 2.24) is 19.9 Å². The van der Waals surface area contributed by atoms with Gasteiger partial charge in [-0.1, -0.05) is 23.4 Å². The first-order valence-corrected chi connectivity index (χ1v) is 11.8. The van der Waals surface area contributed by atoms with Crippen molar-refractivity contribution in [2.75, 3.05) is 53.9 Å². The van der Waals surface area contributed by atoms with E-state index in [9.17, 15) is 4.79 Å². The van der Waals surface area contributed by atoms with E-state index in [-0.39, 0.29) is 5.91 Å². The average Bonchev–Trinajstić information content (AvgIpc) is 3.53. The maximum atomic E-state index is 13.3. The van der Waals surface area contributed by atoms with E-state index in [4.69, 9.17) is 9.26 Å². The average molecular weight is 441 g/mol. The third-order valence-corrected chi connectivity index (χ3v) is 6.50. The van der Waals surface area contributed by atoms with Crippen LogP contribution in [0.25, 0.3) is 0 Å². The summed E-state index contributed by atoms with van der Waals surface area (Å²) in [6.45, 7) is 5.21. The van der Waals surface area contributed by atoms with E-state index in [0.717, 1.165) is 69.9 Å². The molecule has 4 rings (SSSR count). The van der Waals surface area contributed by atoms with E-state index in [2.05, 4.69) is 27.1 Å². The molecule has 1 saturated carbocycles. The number of amides is 1. The van der Waals surface area contributed by atoms with E-state index in [1.807, 2.05) is 37.2 Å². The number of carbonyl (C=O) groups is 1. The van der Waals surface area contributed by atoms with Crippen LogP contribution in [0.2, 0.25) is 0 Å². The molecule has 2 heterocycles. The number of aromatic nitrogens is 1. The molecule has 2 aliphatic rings. The van der Waals surface area contributed by atoms with Gasteiger partial charge in [0.25, 0.3) is 5.91 Å². The Hall–Kier alpha value is -2.38. The number of likely N-dealkylation sites (tertiary alicyclic amines) is 1. The molecule has 1 unspecified atom stereocenters. The summed E-state index contributed by atoms with van der Waals surface area (Å²) in [4.78, 5) is 19.9. The van der Waals surface area contributed by atoms with E-state index in [1.165, 1.54) is 5.56 Å². The number of nitrogens with zero attached hydrogens (tertiary/aromatic N) is 4. The lowest BCUT2D eigenvalue weighted by Gasteiger charge is -2.36. The summed E-state index contributed by atoms with van der Waals surface area (Å²) in [5.41, 5.74) is 1.67. The second-order valence-electron chi connectivity index (χ2n) is 9.50. The minimum atomic E-state index is -0.00986. The van der Waals surface area contributed by atoms with Gasteiger partial charge in [0.1, 0.15) is 11.5 Å². The molecule has 7 nitrogen and oxygen atoms in total. The quantitative estimate of drug-likeness (QED) is 0.564. The number of piperidine rings is 1. The van der Waals surface area contributed by atoms with Crippen molar-refractivity contribution in [3.63, 3.8) is 0 Å². The molecule has 0 spiro atoms. The van der Waals surface area contributed by atoms with Gasteiger partial charge in [-0.2, -0.15) is 0 Å². The highest BCUT2D eigenvalue weighted by Gasteiger charge is 2.31. The Morgan fingerprint density at radius 2 is 2.03 bits per heavy atom. The molecule has 0 N–H and O–H groups in total. The Balaban J connectivity index is 1.40. The van der Waals surface area contributed by atoms with Gasteiger partial charge in [-0.25, -0.2) is 0 Å². The zero-order chi connectivity index (χ0) is 22.5. The molecule has 1 aliphatic heterocycles. The summed E-state index contributed by atoms with van der Waals surface area (Å²) in [7, 11) is 5.81. The first-order valence-electron chi connectivity index (χ1n) is 11.8. The van der Waals surface area contributed by atoms with Crippen LogP contribution in [0.4, 0.5) is 0 Å². The van der Waals surface area contributed by atoms with E-state index < -0.39 is 0 Å². The Morgan fingerprint density at radius 3 is 2.78 bits per heavy atom. The number of rotatable bonds is 10. The number of methoxy groups -OCH3 is 1. The van der Waals surface area contributed by atoms with Crippen LogP contribution in [0.3, 0.4) is 0 Å². The van der Waals surface area contributed by atoms with Gasteiger partial charge in [-0.15, -0.1) is 0 Å². The lowest BCUT2D eigenvalue weighted by molar-refractivity contribution is 0.0650. The fourth-order valence-corrected chi connectivity index (χ4v) is 4.54. The van der Waals surface area contributed by atoms with Gasteiger partial charge < -0.3 is 19.1 Å². The maximum absolute atomic E-state index is 13.3. The fraction of sp³-hybridized carbons (Fsp3) is 0.600. The van der Waals surface area contributed by atoms with Gasteiger partial charge >= 0.3 is 0 Å². The number of hydrogen-bond donors (Lipinski definition) is 0. The van der Waals surface area contributed by atoms with Gasteiger partial charge in [0, 0.05) is 50.3 Å². The number of benzene rings is 1. The predicted octanol–water partition coefficient (Wildman–Crippen LogP) is 3.48. The lowest BCUT2D eigenvalue weighted by Crippen LogP contribution is -2.44. The third-order valence-electron chi connectivity index (χ3n) is 6.50. The number of hydrogen-bond acceptors (Lipinski definition) is 6. The van der Waals surface area contributed by atoms with Crippen LogP contribution in [0, 0.1) is 5.92 Å². The monoisotopic (exact) mass is 440 g/mol. The minimum Gasteiger partial charge on any atom is -0.496 e. The SMILES string of the molecule is COc1ccccc1CN1CCCC(CN(CCN(C)C)C(=O)c2cc(C3CC3)on2)C1. The van der Waals surface area contributed by atoms with Gasteiger partial charge in [0.05, 0.1) is 7.11 Å². The van der Waals surface area contributed by atoms with Gasteiger partial charge in [0.2, 0.25) is 0 Å². The van der Waals surface area contributed by atoms with Crippen molar-refractivity contribution < 1.29 is 14.1 Å². The number of ether oxygens (including phenoxy) is 1. The summed E-state index contributed by atoms with van der Waals surface area (Å²) in [5, 5.41) is 4.10. The zero-order valence-electron chi connectivity index (χ0n) is 19.6. The second-order valence-corrected chi connectivity index (χ2v) is 9.50. The number of carbonyl (C=O) groups excluding carboxylic acids is 1. The second kappa shape index (κ2) is 10.5. The van der Waals surface area contributed by atoms with Gasteiger partial charge in [-0.05, 0) is 58.3 Å². The van der Waals surface area contributed by atoms with Crippen LogP contribution in [-0.4, -0.2) is 79.7 Å². The molecular weight excluding hydrogens is 404 g/mol. The van der Waals surface area contributed by atoms with Crippen LogP contribution in [-0.2, 0) is 6.54 Å². The van der Waals surface area contributed by atoms with Crippen molar-refractivity contribution in [2.45, 2.75) is 38.1 Å². The van der Waals surface area contributed by atoms with E-state index >= 15 is 0 Å². The highest BCUT2D eigenvalue weighted by molar-refractivity contribution is 5.92. The van der Waals surface area contributed by atoms with Crippen molar-refractivity contribution in [1.29, 1.82) is 0 Å². The molecule has 0 bridgehead atoms. The first kappa shape index (κ1) is 22.8. The Labute approximate surface area is 191 Å². The standard InChI is InChI=1S/C25H36N4O3/c1-27(2)13-14-29(25(30)22-15-24(32-26-22)20-10-11-20)17-19-7-6-12-28(16-19)18-21-8-4-5-9-23(21)31-3/h4-5,8-9,15,19-20H,6-7,10-14,16-18H2,1-3H3. The Bertz CT molecular complexity index is 893. The normalized spacial score (nSPS) is 19.3. The smallest absolute Gasteiger partial charge is 0.276 e. The summed E-state index contributed by atoms with van der Waals surface area (Å²) in [6.07, 6.45) is 4.56. The summed E-state index contributed by atoms with van der Waals surface area (Å²) >= 11 is 0. The van der Waals surface area contributed by atoms with Crippen LogP contribution in [0.1, 0.15) is 53.4 Å². The highest BCUT2D eigenvalue weighted by atomic mass is 16.5. The molecule has 1 aromatic carbocycles. The summed E-state index contributed by atoms with van der Waals surface area (Å²) < 4.78 is 11.0. The first-order chi connectivity index (χ1) is 15.5. The molecule has 1 aromatic heterocycles. The third kappa shape index (κ3) is 5.90. The van der Waals surface area contributed by atoms with Crippen molar-refractivity contribution in [3.8, 4) is 5.75 Å². The summed E-state index contributed by atoms with van der Waals surface area (Å²) in [6, 6.07) is 10.1. The van der Waals surface area contributed by atoms with Crippen LogP contribution in [0.15, 0.2) is 34.9 Å². The zero-order valence-corrected chi connectivity index (χ0v) is 19.6. The van der Waals surface area contributed by atoms with Crippen molar-refractivity contribution in [2.24, 2.45) is 5.92 Å². The largest absolute Gasteiger partial charge is 0.496 e. The Kier molecular flexibility index (Phi) is 7.48. The topological polar surface area (TPSA) is 62.1 Å². The highest BCUT2D eigenvalue weighted by Crippen LogP contribution is 2.40. The van der Waals surface area contributed by atoms with Gasteiger partial charge in [0.15, 0.2) is 5.69 Å². The molecule has 32 heavy (non-hydrogen) atoms. The van der Waals surface area contributed by atoms with Crippen molar-refractivity contribution >= 4 is 5.91 Å². The maximum Gasteiger partial charge on any atom is 0.276 e. The Morgan fingerprint density at radius 1 is 1.22 bits per heavy atom. The fourth-order valence-electron chi connectivity index (χ4n) is 4.54. The molecular formula is C25H36N4O3. The van der Waals surface area contributed by atoms with Crippen LogP contribution in [0.5, 0.6) is 5.75 Å². The molecule has 2 aromatic rings. The molecule has 7 heteroatoms. The van der Waals surface area contributed by atoms with Crippen LogP contribution >= 0.6 is 0 Å². The number of likely N-dealkylation sites (N-methyl/N-ethyl adjacent to an activating group) is 1. The number of para-hydroxylation sites is 1. The molecule has 1 amide bonds.